The molecule has 3 N–H and O–H groups in total. The molecule has 0 saturated carbocycles. The molecule has 0 spiro atoms. The standard InChI is InChI=1S/C15H14N4S/c16-13-6-7-20-14(13)10-17-12-8-18-15(19-9-12)11-4-2-1-3-5-11/h1-9,17H,10,16H2. The van der Waals surface area contributed by atoms with Gasteiger partial charge in [-0.25, -0.2) is 9.97 Å². The normalized spacial score (nSPS) is 10.4. The number of nitrogen functional groups attached to an aromatic ring is 1. The van der Waals surface area contributed by atoms with Crippen molar-refractivity contribution in [3.63, 3.8) is 0 Å². The number of anilines is 2. The maximum absolute atomic E-state index is 5.84. The van der Waals surface area contributed by atoms with E-state index in [4.69, 9.17) is 5.73 Å². The van der Waals surface area contributed by atoms with Crippen molar-refractivity contribution < 1.29 is 0 Å². The van der Waals surface area contributed by atoms with Crippen molar-refractivity contribution in [1.29, 1.82) is 0 Å². The van der Waals surface area contributed by atoms with Gasteiger partial charge in [-0.05, 0) is 11.4 Å². The fourth-order valence-corrected chi connectivity index (χ4v) is 2.57. The van der Waals surface area contributed by atoms with Crippen LogP contribution >= 0.6 is 11.3 Å². The van der Waals surface area contributed by atoms with Crippen LogP contribution in [-0.4, -0.2) is 9.97 Å². The van der Waals surface area contributed by atoms with Gasteiger partial charge < -0.3 is 11.1 Å². The summed E-state index contributed by atoms with van der Waals surface area (Å²) in [4.78, 5) is 9.86. The first-order valence-electron chi connectivity index (χ1n) is 6.26. The van der Waals surface area contributed by atoms with Gasteiger partial charge in [-0.2, -0.15) is 0 Å². The smallest absolute Gasteiger partial charge is 0.159 e. The second-order valence-corrected chi connectivity index (χ2v) is 5.31. The van der Waals surface area contributed by atoms with E-state index in [0.717, 1.165) is 27.6 Å². The number of thiophene rings is 1. The van der Waals surface area contributed by atoms with Crippen LogP contribution in [0.5, 0.6) is 0 Å². The van der Waals surface area contributed by atoms with Gasteiger partial charge in [-0.3, -0.25) is 0 Å². The Morgan fingerprint density at radius 2 is 1.80 bits per heavy atom. The molecule has 0 bridgehead atoms. The van der Waals surface area contributed by atoms with Gasteiger partial charge in [0, 0.05) is 16.1 Å². The number of nitrogens with one attached hydrogen (secondary N) is 1. The lowest BCUT2D eigenvalue weighted by atomic mass is 10.2. The van der Waals surface area contributed by atoms with Crippen LogP contribution in [0.4, 0.5) is 11.4 Å². The molecule has 0 amide bonds. The number of rotatable bonds is 4. The monoisotopic (exact) mass is 282 g/mol. The van der Waals surface area contributed by atoms with Crippen LogP contribution in [0.1, 0.15) is 4.88 Å². The molecule has 2 aromatic heterocycles. The number of aromatic nitrogens is 2. The molecule has 20 heavy (non-hydrogen) atoms. The van der Waals surface area contributed by atoms with E-state index in [1.807, 2.05) is 41.8 Å². The maximum atomic E-state index is 5.84. The summed E-state index contributed by atoms with van der Waals surface area (Å²) in [6.07, 6.45) is 3.58. The molecule has 4 nitrogen and oxygen atoms in total. The van der Waals surface area contributed by atoms with E-state index >= 15 is 0 Å². The number of nitrogens with two attached hydrogens (primary N) is 1. The number of benzene rings is 1. The van der Waals surface area contributed by atoms with Crippen molar-refractivity contribution in [2.24, 2.45) is 0 Å². The largest absolute Gasteiger partial charge is 0.398 e. The Morgan fingerprint density at radius 3 is 2.45 bits per heavy atom. The van der Waals surface area contributed by atoms with Crippen LogP contribution in [0.2, 0.25) is 0 Å². The topological polar surface area (TPSA) is 63.8 Å². The predicted molar refractivity (Wildman–Crippen MR) is 83.5 cm³/mol. The Bertz CT molecular complexity index is 677. The SMILES string of the molecule is Nc1ccsc1CNc1cnc(-c2ccccc2)nc1. The van der Waals surface area contributed by atoms with E-state index in [-0.39, 0.29) is 0 Å². The van der Waals surface area contributed by atoms with Crippen molar-refractivity contribution in [3.05, 3.63) is 59.0 Å². The summed E-state index contributed by atoms with van der Waals surface area (Å²) in [5, 5.41) is 5.26. The van der Waals surface area contributed by atoms with E-state index in [1.54, 1.807) is 23.7 Å². The molecule has 0 aliphatic rings. The molecular formula is C15H14N4S. The second kappa shape index (κ2) is 5.71. The molecule has 0 radical (unpaired) electrons. The molecule has 3 aromatic rings. The van der Waals surface area contributed by atoms with Gasteiger partial charge in [0.15, 0.2) is 5.82 Å². The van der Waals surface area contributed by atoms with Gasteiger partial charge in [0.05, 0.1) is 24.6 Å². The fourth-order valence-electron chi connectivity index (χ4n) is 1.83. The van der Waals surface area contributed by atoms with Gasteiger partial charge in [0.25, 0.3) is 0 Å². The van der Waals surface area contributed by atoms with Gasteiger partial charge in [-0.1, -0.05) is 30.3 Å². The molecule has 0 saturated heterocycles. The zero-order chi connectivity index (χ0) is 13.8. The Balaban J connectivity index is 1.69. The van der Waals surface area contributed by atoms with Gasteiger partial charge >= 0.3 is 0 Å². The lowest BCUT2D eigenvalue weighted by Gasteiger charge is -2.06. The van der Waals surface area contributed by atoms with Crippen LogP contribution < -0.4 is 11.1 Å². The highest BCUT2D eigenvalue weighted by Gasteiger charge is 2.02. The number of hydrogen-bond donors (Lipinski definition) is 2. The highest BCUT2D eigenvalue weighted by molar-refractivity contribution is 7.10. The minimum Gasteiger partial charge on any atom is -0.398 e. The quantitative estimate of drug-likeness (QED) is 0.770. The van der Waals surface area contributed by atoms with Crippen LogP contribution in [0.15, 0.2) is 54.2 Å². The molecule has 0 fully saturated rings. The van der Waals surface area contributed by atoms with E-state index in [0.29, 0.717) is 6.54 Å². The summed E-state index contributed by atoms with van der Waals surface area (Å²) in [5.41, 5.74) is 8.57. The maximum Gasteiger partial charge on any atom is 0.159 e. The van der Waals surface area contributed by atoms with Crippen LogP contribution in [0.25, 0.3) is 11.4 Å². The number of hydrogen-bond acceptors (Lipinski definition) is 5. The zero-order valence-corrected chi connectivity index (χ0v) is 11.6. The molecule has 0 unspecified atom stereocenters. The van der Waals surface area contributed by atoms with Crippen molar-refractivity contribution in [2.75, 3.05) is 11.1 Å². The highest BCUT2D eigenvalue weighted by atomic mass is 32.1. The van der Waals surface area contributed by atoms with E-state index in [2.05, 4.69) is 15.3 Å². The average molecular weight is 282 g/mol. The first-order valence-corrected chi connectivity index (χ1v) is 7.14. The number of nitrogens with zero attached hydrogens (tertiary/aromatic N) is 2. The Morgan fingerprint density at radius 1 is 1.05 bits per heavy atom. The predicted octanol–water partition coefficient (Wildman–Crippen LogP) is 3.40. The van der Waals surface area contributed by atoms with Crippen molar-refractivity contribution in [2.45, 2.75) is 6.54 Å². The fraction of sp³-hybridized carbons (Fsp3) is 0.0667. The Kier molecular flexibility index (Phi) is 3.60. The third kappa shape index (κ3) is 2.78. The average Bonchev–Trinajstić information content (AvgIpc) is 2.92. The van der Waals surface area contributed by atoms with Crippen molar-refractivity contribution in [3.8, 4) is 11.4 Å². The summed E-state index contributed by atoms with van der Waals surface area (Å²) >= 11 is 1.64. The minimum atomic E-state index is 0.692. The summed E-state index contributed by atoms with van der Waals surface area (Å²) in [5.74, 6) is 0.729. The molecule has 1 aromatic carbocycles. The Labute approximate surface area is 121 Å². The van der Waals surface area contributed by atoms with E-state index in [1.165, 1.54) is 0 Å². The second-order valence-electron chi connectivity index (χ2n) is 4.31. The third-order valence-corrected chi connectivity index (χ3v) is 3.85. The molecule has 0 aliphatic heterocycles. The van der Waals surface area contributed by atoms with Crippen LogP contribution in [-0.2, 0) is 6.54 Å². The molecule has 3 rings (SSSR count). The van der Waals surface area contributed by atoms with Crippen molar-refractivity contribution in [1.82, 2.24) is 9.97 Å². The third-order valence-electron chi connectivity index (χ3n) is 2.92. The van der Waals surface area contributed by atoms with Crippen LogP contribution in [0, 0.1) is 0 Å². The van der Waals surface area contributed by atoms with Gasteiger partial charge in [-0.15, -0.1) is 11.3 Å². The highest BCUT2D eigenvalue weighted by Crippen LogP contribution is 2.20. The van der Waals surface area contributed by atoms with E-state index < -0.39 is 0 Å². The summed E-state index contributed by atoms with van der Waals surface area (Å²) < 4.78 is 0. The molecule has 5 heteroatoms. The first kappa shape index (κ1) is 12.6. The summed E-state index contributed by atoms with van der Waals surface area (Å²) in [6, 6.07) is 11.8. The first-order chi connectivity index (χ1) is 9.83. The van der Waals surface area contributed by atoms with Crippen LogP contribution in [0.3, 0.4) is 0 Å². The minimum absolute atomic E-state index is 0.692. The molecule has 100 valence electrons. The van der Waals surface area contributed by atoms with E-state index in [9.17, 15) is 0 Å². The zero-order valence-electron chi connectivity index (χ0n) is 10.8. The molecule has 0 atom stereocenters. The molecule has 2 heterocycles. The van der Waals surface area contributed by atoms with Gasteiger partial charge in [0.2, 0.25) is 0 Å². The lowest BCUT2D eigenvalue weighted by Crippen LogP contribution is -2.01. The molecule has 0 aliphatic carbocycles. The van der Waals surface area contributed by atoms with Gasteiger partial charge in [0.1, 0.15) is 0 Å². The summed E-state index contributed by atoms with van der Waals surface area (Å²) in [7, 11) is 0. The van der Waals surface area contributed by atoms with Crippen molar-refractivity contribution >= 4 is 22.7 Å². The lowest BCUT2D eigenvalue weighted by molar-refractivity contribution is 1.12. The molecular weight excluding hydrogens is 268 g/mol. The summed E-state index contributed by atoms with van der Waals surface area (Å²) in [6.45, 7) is 0.692. The Hall–Kier alpha value is -2.40.